The first-order valence-electron chi connectivity index (χ1n) is 6.43. The molecule has 0 aliphatic rings. The van der Waals surface area contributed by atoms with E-state index in [4.69, 9.17) is 0 Å². The van der Waals surface area contributed by atoms with Crippen LogP contribution in [0, 0.1) is 27.7 Å². The van der Waals surface area contributed by atoms with Crippen molar-refractivity contribution < 1.29 is 4.79 Å². The second-order valence-electron chi connectivity index (χ2n) is 5.07. The summed E-state index contributed by atoms with van der Waals surface area (Å²) in [5, 5.41) is 2.95. The predicted molar refractivity (Wildman–Crippen MR) is 79.8 cm³/mol. The maximum atomic E-state index is 12.3. The molecule has 0 atom stereocenters. The summed E-state index contributed by atoms with van der Waals surface area (Å²) in [6.45, 7) is 8.07. The first-order valence-corrected chi connectivity index (χ1v) is 6.43. The molecule has 0 aliphatic carbocycles. The second kappa shape index (κ2) is 5.27. The molecule has 0 aliphatic heterocycles. The lowest BCUT2D eigenvalue weighted by Crippen LogP contribution is -2.14. The summed E-state index contributed by atoms with van der Waals surface area (Å²) < 4.78 is 0. The van der Waals surface area contributed by atoms with Crippen LogP contribution in [0.1, 0.15) is 32.6 Å². The van der Waals surface area contributed by atoms with E-state index < -0.39 is 0 Å². The summed E-state index contributed by atoms with van der Waals surface area (Å²) in [5.74, 6) is -0.0498. The van der Waals surface area contributed by atoms with Crippen LogP contribution in [0.25, 0.3) is 0 Å². The molecule has 0 saturated heterocycles. The lowest BCUT2D eigenvalue weighted by Gasteiger charge is -2.11. The minimum Gasteiger partial charge on any atom is -0.322 e. The molecule has 0 fully saturated rings. The van der Waals surface area contributed by atoms with E-state index in [9.17, 15) is 4.79 Å². The number of anilines is 1. The van der Waals surface area contributed by atoms with E-state index in [0.29, 0.717) is 0 Å². The summed E-state index contributed by atoms with van der Waals surface area (Å²) >= 11 is 0. The van der Waals surface area contributed by atoms with Crippen LogP contribution in [0.2, 0.25) is 0 Å². The van der Waals surface area contributed by atoms with Gasteiger partial charge < -0.3 is 5.32 Å². The quantitative estimate of drug-likeness (QED) is 0.855. The van der Waals surface area contributed by atoms with Gasteiger partial charge in [0, 0.05) is 11.3 Å². The van der Waals surface area contributed by atoms with Crippen LogP contribution < -0.4 is 5.32 Å². The minimum atomic E-state index is -0.0498. The summed E-state index contributed by atoms with van der Waals surface area (Å²) in [5.41, 5.74) is 6.07. The zero-order chi connectivity index (χ0) is 14.0. The molecule has 19 heavy (non-hydrogen) atoms. The fourth-order valence-electron chi connectivity index (χ4n) is 2.13. The number of nitrogens with one attached hydrogen (secondary N) is 1. The standard InChI is InChI=1S/C17H19NO/c1-11-6-5-7-15(8-11)18-17(19)16-10-13(3)12(2)9-14(16)4/h5-10H,1-4H3,(H,18,19). The normalized spacial score (nSPS) is 10.3. The zero-order valence-corrected chi connectivity index (χ0v) is 11.9. The first kappa shape index (κ1) is 13.3. The Labute approximate surface area is 114 Å². The highest BCUT2D eigenvalue weighted by molar-refractivity contribution is 6.05. The van der Waals surface area contributed by atoms with Crippen molar-refractivity contribution in [1.29, 1.82) is 0 Å². The molecule has 0 aromatic heterocycles. The average molecular weight is 253 g/mol. The Bertz CT molecular complexity index is 629. The molecule has 0 radical (unpaired) electrons. The van der Waals surface area contributed by atoms with Crippen molar-refractivity contribution >= 4 is 11.6 Å². The fraction of sp³-hybridized carbons (Fsp3) is 0.235. The molecule has 0 bridgehead atoms. The number of rotatable bonds is 2. The molecule has 2 rings (SSSR count). The maximum absolute atomic E-state index is 12.3. The molecule has 98 valence electrons. The van der Waals surface area contributed by atoms with Crippen molar-refractivity contribution in [3.63, 3.8) is 0 Å². The van der Waals surface area contributed by atoms with Gasteiger partial charge in [-0.25, -0.2) is 0 Å². The van der Waals surface area contributed by atoms with Crippen LogP contribution in [-0.4, -0.2) is 5.91 Å². The van der Waals surface area contributed by atoms with E-state index in [-0.39, 0.29) is 5.91 Å². The molecular formula is C17H19NO. The monoisotopic (exact) mass is 253 g/mol. The van der Waals surface area contributed by atoms with E-state index in [1.54, 1.807) is 0 Å². The molecule has 2 heteroatoms. The van der Waals surface area contributed by atoms with E-state index in [1.807, 2.05) is 51.1 Å². The van der Waals surface area contributed by atoms with Gasteiger partial charge in [-0.1, -0.05) is 18.2 Å². The summed E-state index contributed by atoms with van der Waals surface area (Å²) in [4.78, 5) is 12.3. The number of carbonyl (C=O) groups excluding carboxylic acids is 1. The molecule has 2 aromatic rings. The molecule has 2 nitrogen and oxygen atoms in total. The third-order valence-electron chi connectivity index (χ3n) is 3.36. The number of hydrogen-bond donors (Lipinski definition) is 1. The van der Waals surface area contributed by atoms with Gasteiger partial charge in [0.25, 0.3) is 5.91 Å². The lowest BCUT2D eigenvalue weighted by atomic mass is 10.0. The highest BCUT2D eigenvalue weighted by Crippen LogP contribution is 2.17. The van der Waals surface area contributed by atoms with Crippen molar-refractivity contribution in [2.45, 2.75) is 27.7 Å². The Kier molecular flexibility index (Phi) is 3.70. The fourth-order valence-corrected chi connectivity index (χ4v) is 2.13. The Morgan fingerprint density at radius 2 is 1.58 bits per heavy atom. The number of carbonyl (C=O) groups is 1. The van der Waals surface area contributed by atoms with E-state index in [1.165, 1.54) is 5.56 Å². The van der Waals surface area contributed by atoms with E-state index in [2.05, 4.69) is 18.3 Å². The van der Waals surface area contributed by atoms with Gasteiger partial charge in [0.1, 0.15) is 0 Å². The van der Waals surface area contributed by atoms with Crippen molar-refractivity contribution in [1.82, 2.24) is 0 Å². The van der Waals surface area contributed by atoms with Crippen LogP contribution in [0.15, 0.2) is 36.4 Å². The van der Waals surface area contributed by atoms with Crippen LogP contribution in [0.4, 0.5) is 5.69 Å². The third kappa shape index (κ3) is 3.02. The molecule has 0 spiro atoms. The predicted octanol–water partition coefficient (Wildman–Crippen LogP) is 4.17. The van der Waals surface area contributed by atoms with Gasteiger partial charge >= 0.3 is 0 Å². The van der Waals surface area contributed by atoms with Gasteiger partial charge in [-0.15, -0.1) is 0 Å². The number of hydrogen-bond acceptors (Lipinski definition) is 1. The number of benzene rings is 2. The topological polar surface area (TPSA) is 29.1 Å². The van der Waals surface area contributed by atoms with Crippen LogP contribution in [-0.2, 0) is 0 Å². The van der Waals surface area contributed by atoms with E-state index >= 15 is 0 Å². The summed E-state index contributed by atoms with van der Waals surface area (Å²) in [6.07, 6.45) is 0. The summed E-state index contributed by atoms with van der Waals surface area (Å²) in [7, 11) is 0. The Hall–Kier alpha value is -2.09. The molecule has 2 aromatic carbocycles. The lowest BCUT2D eigenvalue weighted by molar-refractivity contribution is 0.102. The second-order valence-corrected chi connectivity index (χ2v) is 5.07. The van der Waals surface area contributed by atoms with Crippen LogP contribution in [0.5, 0.6) is 0 Å². The highest BCUT2D eigenvalue weighted by Gasteiger charge is 2.10. The minimum absolute atomic E-state index is 0.0498. The van der Waals surface area contributed by atoms with Gasteiger partial charge in [-0.2, -0.15) is 0 Å². The van der Waals surface area contributed by atoms with Crippen LogP contribution in [0.3, 0.4) is 0 Å². The molecule has 0 saturated carbocycles. The van der Waals surface area contributed by atoms with E-state index in [0.717, 1.165) is 27.9 Å². The molecule has 0 unspecified atom stereocenters. The van der Waals surface area contributed by atoms with Gasteiger partial charge in [0.2, 0.25) is 0 Å². The highest BCUT2D eigenvalue weighted by atomic mass is 16.1. The van der Waals surface area contributed by atoms with Crippen molar-refractivity contribution in [2.75, 3.05) is 5.32 Å². The van der Waals surface area contributed by atoms with Crippen LogP contribution >= 0.6 is 0 Å². The maximum Gasteiger partial charge on any atom is 0.255 e. The Balaban J connectivity index is 2.28. The molecule has 0 heterocycles. The van der Waals surface area contributed by atoms with Crippen molar-refractivity contribution in [3.05, 3.63) is 64.2 Å². The van der Waals surface area contributed by atoms with Gasteiger partial charge in [0.15, 0.2) is 0 Å². The van der Waals surface area contributed by atoms with Crippen molar-refractivity contribution in [2.24, 2.45) is 0 Å². The van der Waals surface area contributed by atoms with Gasteiger partial charge in [-0.05, 0) is 68.1 Å². The number of amides is 1. The first-order chi connectivity index (χ1) is 8.97. The molecular weight excluding hydrogens is 234 g/mol. The third-order valence-corrected chi connectivity index (χ3v) is 3.36. The molecule has 1 N–H and O–H groups in total. The van der Waals surface area contributed by atoms with Crippen molar-refractivity contribution in [3.8, 4) is 0 Å². The molecule has 1 amide bonds. The van der Waals surface area contributed by atoms with Gasteiger partial charge in [0.05, 0.1) is 0 Å². The average Bonchev–Trinajstić information content (AvgIpc) is 2.33. The largest absolute Gasteiger partial charge is 0.322 e. The Morgan fingerprint density at radius 1 is 0.895 bits per heavy atom. The van der Waals surface area contributed by atoms with Gasteiger partial charge in [-0.3, -0.25) is 4.79 Å². The zero-order valence-electron chi connectivity index (χ0n) is 11.9. The summed E-state index contributed by atoms with van der Waals surface area (Å²) in [6, 6.07) is 11.8. The number of aryl methyl sites for hydroxylation is 4. The smallest absolute Gasteiger partial charge is 0.255 e. The Morgan fingerprint density at radius 3 is 2.26 bits per heavy atom. The SMILES string of the molecule is Cc1cccc(NC(=O)c2cc(C)c(C)cc2C)c1.